The molecular weight excluding hydrogens is 232 g/mol. The highest BCUT2D eigenvalue weighted by Crippen LogP contribution is 2.28. The summed E-state index contributed by atoms with van der Waals surface area (Å²) in [5, 5.41) is 4.44. The standard InChI is InChI=1S/C11H16N6O/c1-6-7(2)16-17(8(6)3)11-9(18-4)10(15-12)13-5-14-11/h5H,12H2,1-4H3,(H,13,14,15). The molecule has 7 nitrogen and oxygen atoms in total. The summed E-state index contributed by atoms with van der Waals surface area (Å²) < 4.78 is 7.03. The van der Waals surface area contributed by atoms with Crippen LogP contribution in [0.15, 0.2) is 6.33 Å². The normalized spacial score (nSPS) is 10.5. The molecule has 0 radical (unpaired) electrons. The molecule has 0 aliphatic carbocycles. The summed E-state index contributed by atoms with van der Waals surface area (Å²) in [7, 11) is 1.54. The average molecular weight is 248 g/mol. The van der Waals surface area contributed by atoms with E-state index in [9.17, 15) is 0 Å². The molecule has 0 spiro atoms. The van der Waals surface area contributed by atoms with Crippen LogP contribution in [0, 0.1) is 20.8 Å². The van der Waals surface area contributed by atoms with Crippen molar-refractivity contribution in [2.45, 2.75) is 20.8 Å². The zero-order valence-corrected chi connectivity index (χ0v) is 10.9. The Kier molecular flexibility index (Phi) is 3.15. The zero-order chi connectivity index (χ0) is 13.3. The maximum atomic E-state index is 5.40. The molecule has 0 unspecified atom stereocenters. The molecule has 3 N–H and O–H groups in total. The Balaban J connectivity index is 2.67. The number of nitrogens with one attached hydrogen (secondary N) is 1. The lowest BCUT2D eigenvalue weighted by Crippen LogP contribution is -2.13. The van der Waals surface area contributed by atoms with Crippen LogP contribution in [0.3, 0.4) is 0 Å². The molecule has 2 heterocycles. The van der Waals surface area contributed by atoms with Crippen molar-refractivity contribution in [2.24, 2.45) is 5.84 Å². The lowest BCUT2D eigenvalue weighted by Gasteiger charge is -2.11. The van der Waals surface area contributed by atoms with Gasteiger partial charge in [-0.3, -0.25) is 0 Å². The highest BCUT2D eigenvalue weighted by atomic mass is 16.5. The van der Waals surface area contributed by atoms with E-state index in [0.29, 0.717) is 17.4 Å². The number of hydrogen-bond donors (Lipinski definition) is 2. The smallest absolute Gasteiger partial charge is 0.207 e. The number of ether oxygens (including phenoxy) is 1. The quantitative estimate of drug-likeness (QED) is 0.619. The van der Waals surface area contributed by atoms with Crippen LogP contribution in [0.5, 0.6) is 5.75 Å². The van der Waals surface area contributed by atoms with Crippen molar-refractivity contribution in [1.29, 1.82) is 0 Å². The summed E-state index contributed by atoms with van der Waals surface area (Å²) in [5.41, 5.74) is 5.56. The fourth-order valence-corrected chi connectivity index (χ4v) is 1.73. The van der Waals surface area contributed by atoms with Gasteiger partial charge in [0.25, 0.3) is 0 Å². The summed E-state index contributed by atoms with van der Waals surface area (Å²) in [5.74, 6) is 6.85. The number of methoxy groups -OCH3 is 1. The van der Waals surface area contributed by atoms with Gasteiger partial charge in [-0.2, -0.15) is 5.10 Å². The van der Waals surface area contributed by atoms with Gasteiger partial charge in [0, 0.05) is 5.69 Å². The number of anilines is 1. The van der Waals surface area contributed by atoms with E-state index in [1.54, 1.807) is 11.8 Å². The highest BCUT2D eigenvalue weighted by Gasteiger charge is 2.17. The minimum atomic E-state index is 0.424. The number of hydrogen-bond acceptors (Lipinski definition) is 6. The molecular formula is C11H16N6O. The predicted octanol–water partition coefficient (Wildman–Crippen LogP) is 0.882. The number of aryl methyl sites for hydroxylation is 1. The molecule has 0 aliphatic rings. The van der Waals surface area contributed by atoms with E-state index >= 15 is 0 Å². The first-order valence-electron chi connectivity index (χ1n) is 5.49. The van der Waals surface area contributed by atoms with E-state index < -0.39 is 0 Å². The van der Waals surface area contributed by atoms with Crippen molar-refractivity contribution in [1.82, 2.24) is 19.7 Å². The van der Waals surface area contributed by atoms with Crippen LogP contribution >= 0.6 is 0 Å². The molecule has 0 aromatic carbocycles. The molecule has 0 saturated heterocycles. The minimum absolute atomic E-state index is 0.424. The summed E-state index contributed by atoms with van der Waals surface area (Å²) in [6.45, 7) is 5.95. The molecule has 0 atom stereocenters. The Morgan fingerprint density at radius 2 is 2.00 bits per heavy atom. The Morgan fingerprint density at radius 1 is 1.28 bits per heavy atom. The van der Waals surface area contributed by atoms with Crippen LogP contribution in [0.25, 0.3) is 5.82 Å². The average Bonchev–Trinajstić information content (AvgIpc) is 2.65. The van der Waals surface area contributed by atoms with E-state index in [0.717, 1.165) is 17.0 Å². The molecule has 2 rings (SSSR count). The van der Waals surface area contributed by atoms with Crippen LogP contribution in [0.1, 0.15) is 17.0 Å². The maximum absolute atomic E-state index is 5.40. The Morgan fingerprint density at radius 3 is 2.50 bits per heavy atom. The van der Waals surface area contributed by atoms with Crippen LogP contribution in [0.2, 0.25) is 0 Å². The summed E-state index contributed by atoms with van der Waals surface area (Å²) in [4.78, 5) is 8.21. The molecule has 2 aromatic rings. The van der Waals surface area contributed by atoms with E-state index in [4.69, 9.17) is 10.6 Å². The van der Waals surface area contributed by atoms with Crippen LogP contribution in [0.4, 0.5) is 5.82 Å². The number of hydrazine groups is 1. The molecule has 0 fully saturated rings. The lowest BCUT2D eigenvalue weighted by molar-refractivity contribution is 0.408. The SMILES string of the molecule is COc1c(NN)ncnc1-n1nc(C)c(C)c1C. The molecule has 2 aromatic heterocycles. The Bertz CT molecular complexity index is 577. The molecule has 0 bridgehead atoms. The number of nitrogens with two attached hydrogens (primary N) is 1. The van der Waals surface area contributed by atoms with Gasteiger partial charge in [-0.05, 0) is 26.3 Å². The first-order chi connectivity index (χ1) is 8.60. The van der Waals surface area contributed by atoms with Crippen molar-refractivity contribution < 1.29 is 4.74 Å². The van der Waals surface area contributed by atoms with Crippen molar-refractivity contribution in [3.05, 3.63) is 23.3 Å². The Labute approximate surface area is 105 Å². The van der Waals surface area contributed by atoms with Crippen molar-refractivity contribution in [3.8, 4) is 11.6 Å². The van der Waals surface area contributed by atoms with Gasteiger partial charge in [-0.1, -0.05) is 0 Å². The van der Waals surface area contributed by atoms with E-state index in [1.807, 2.05) is 20.8 Å². The second-order valence-corrected chi connectivity index (χ2v) is 3.93. The summed E-state index contributed by atoms with van der Waals surface area (Å²) in [6.07, 6.45) is 1.42. The maximum Gasteiger partial charge on any atom is 0.207 e. The summed E-state index contributed by atoms with van der Waals surface area (Å²) in [6, 6.07) is 0. The second-order valence-electron chi connectivity index (χ2n) is 3.93. The van der Waals surface area contributed by atoms with Crippen LogP contribution in [-0.4, -0.2) is 26.9 Å². The molecule has 0 aliphatic heterocycles. The fourth-order valence-electron chi connectivity index (χ4n) is 1.73. The van der Waals surface area contributed by atoms with E-state index in [2.05, 4.69) is 20.5 Å². The minimum Gasteiger partial charge on any atom is -0.490 e. The van der Waals surface area contributed by atoms with Gasteiger partial charge in [-0.25, -0.2) is 20.5 Å². The second kappa shape index (κ2) is 4.61. The molecule has 0 saturated carbocycles. The largest absolute Gasteiger partial charge is 0.490 e. The van der Waals surface area contributed by atoms with E-state index in [1.165, 1.54) is 6.33 Å². The molecule has 0 amide bonds. The topological polar surface area (TPSA) is 90.9 Å². The van der Waals surface area contributed by atoms with Crippen molar-refractivity contribution in [2.75, 3.05) is 12.5 Å². The van der Waals surface area contributed by atoms with Gasteiger partial charge in [-0.15, -0.1) is 0 Å². The van der Waals surface area contributed by atoms with Gasteiger partial charge in [0.05, 0.1) is 12.8 Å². The van der Waals surface area contributed by atoms with Crippen LogP contribution < -0.4 is 16.0 Å². The van der Waals surface area contributed by atoms with Gasteiger partial charge in [0.1, 0.15) is 6.33 Å². The molecule has 7 heteroatoms. The fraction of sp³-hybridized carbons (Fsp3) is 0.364. The number of rotatable bonds is 3. The zero-order valence-electron chi connectivity index (χ0n) is 10.9. The molecule has 96 valence electrons. The first kappa shape index (κ1) is 12.3. The summed E-state index contributed by atoms with van der Waals surface area (Å²) >= 11 is 0. The van der Waals surface area contributed by atoms with Gasteiger partial charge >= 0.3 is 0 Å². The Hall–Kier alpha value is -2.15. The lowest BCUT2D eigenvalue weighted by atomic mass is 10.2. The van der Waals surface area contributed by atoms with Crippen LogP contribution in [-0.2, 0) is 0 Å². The van der Waals surface area contributed by atoms with Gasteiger partial charge in [0.2, 0.25) is 11.6 Å². The third-order valence-electron chi connectivity index (χ3n) is 2.98. The third-order valence-corrected chi connectivity index (χ3v) is 2.98. The van der Waals surface area contributed by atoms with Crippen molar-refractivity contribution in [3.63, 3.8) is 0 Å². The van der Waals surface area contributed by atoms with Crippen molar-refractivity contribution >= 4 is 5.82 Å². The predicted molar refractivity (Wildman–Crippen MR) is 67.7 cm³/mol. The van der Waals surface area contributed by atoms with Gasteiger partial charge < -0.3 is 10.2 Å². The number of nitrogen functional groups attached to an aromatic ring is 1. The monoisotopic (exact) mass is 248 g/mol. The molecule has 18 heavy (non-hydrogen) atoms. The number of nitrogens with zero attached hydrogens (tertiary/aromatic N) is 4. The third kappa shape index (κ3) is 1.78. The first-order valence-corrected chi connectivity index (χ1v) is 5.49. The highest BCUT2D eigenvalue weighted by molar-refractivity contribution is 5.57. The van der Waals surface area contributed by atoms with Gasteiger partial charge in [0.15, 0.2) is 5.82 Å². The number of aromatic nitrogens is 4. The van der Waals surface area contributed by atoms with E-state index in [-0.39, 0.29) is 0 Å².